The quantitative estimate of drug-likeness (QED) is 0.930. The van der Waals surface area contributed by atoms with E-state index in [0.29, 0.717) is 6.54 Å². The maximum atomic E-state index is 12.6. The van der Waals surface area contributed by atoms with Gasteiger partial charge < -0.3 is 14.8 Å². The van der Waals surface area contributed by atoms with Crippen molar-refractivity contribution in [3.05, 3.63) is 34.0 Å². The molecule has 2 aromatic rings. The molecule has 2 aromatic heterocycles. The Hall–Kier alpha value is -1.89. The minimum Gasteiger partial charge on any atom is -0.331 e. The zero-order valence-electron chi connectivity index (χ0n) is 13.8. The van der Waals surface area contributed by atoms with Crippen molar-refractivity contribution in [2.24, 2.45) is 0 Å². The summed E-state index contributed by atoms with van der Waals surface area (Å²) in [5, 5.41) is 15.9. The van der Waals surface area contributed by atoms with E-state index in [-0.39, 0.29) is 12.1 Å². The molecule has 1 unspecified atom stereocenters. The Balaban J connectivity index is 1.41. The van der Waals surface area contributed by atoms with Crippen LogP contribution in [0.5, 0.6) is 0 Å². The molecule has 4 rings (SSSR count). The van der Waals surface area contributed by atoms with Crippen LogP contribution < -0.4 is 5.32 Å². The Labute approximate surface area is 145 Å². The highest BCUT2D eigenvalue weighted by atomic mass is 32.1. The number of hydrogen-bond donors (Lipinski definition) is 1. The summed E-state index contributed by atoms with van der Waals surface area (Å²) in [6, 6.07) is 2.35. The third-order valence-corrected chi connectivity index (χ3v) is 5.73. The Morgan fingerprint density at radius 1 is 1.25 bits per heavy atom. The molecule has 0 bridgehead atoms. The first-order chi connectivity index (χ1) is 11.8. The van der Waals surface area contributed by atoms with E-state index in [4.69, 9.17) is 0 Å². The number of amides is 2. The van der Waals surface area contributed by atoms with Crippen molar-refractivity contribution in [1.29, 1.82) is 0 Å². The molecular weight excluding hydrogens is 322 g/mol. The van der Waals surface area contributed by atoms with E-state index in [1.165, 1.54) is 24.8 Å². The molecule has 2 aliphatic rings. The summed E-state index contributed by atoms with van der Waals surface area (Å²) in [7, 11) is 0. The van der Waals surface area contributed by atoms with E-state index >= 15 is 0 Å². The van der Waals surface area contributed by atoms with Gasteiger partial charge in [-0.2, -0.15) is 11.3 Å². The molecule has 0 aliphatic carbocycles. The first kappa shape index (κ1) is 15.6. The zero-order chi connectivity index (χ0) is 16.4. The van der Waals surface area contributed by atoms with Crippen molar-refractivity contribution in [2.75, 3.05) is 6.54 Å². The van der Waals surface area contributed by atoms with Crippen LogP contribution in [0.1, 0.15) is 55.4 Å². The second-order valence-corrected chi connectivity index (χ2v) is 7.34. The predicted octanol–water partition coefficient (Wildman–Crippen LogP) is 3.11. The van der Waals surface area contributed by atoms with Crippen molar-refractivity contribution >= 4 is 17.4 Å². The molecular formula is C17H23N5OS. The van der Waals surface area contributed by atoms with Gasteiger partial charge in [0.15, 0.2) is 5.82 Å². The van der Waals surface area contributed by atoms with Crippen LogP contribution in [0.15, 0.2) is 16.8 Å². The third kappa shape index (κ3) is 3.05. The molecule has 7 heteroatoms. The van der Waals surface area contributed by atoms with E-state index in [2.05, 4.69) is 36.9 Å². The number of hydrogen-bond acceptors (Lipinski definition) is 4. The molecule has 2 aliphatic heterocycles. The highest BCUT2D eigenvalue weighted by molar-refractivity contribution is 7.07. The van der Waals surface area contributed by atoms with Gasteiger partial charge in [0.2, 0.25) is 0 Å². The van der Waals surface area contributed by atoms with Crippen LogP contribution in [0, 0.1) is 0 Å². The minimum absolute atomic E-state index is 0.00896. The summed E-state index contributed by atoms with van der Waals surface area (Å²) in [6.45, 7) is 2.25. The average molecular weight is 345 g/mol. The Bertz CT molecular complexity index is 696. The van der Waals surface area contributed by atoms with Crippen molar-refractivity contribution < 1.29 is 4.79 Å². The van der Waals surface area contributed by atoms with Crippen LogP contribution in [0.25, 0.3) is 0 Å². The van der Waals surface area contributed by atoms with Crippen molar-refractivity contribution in [1.82, 2.24) is 25.0 Å². The number of urea groups is 1. The second-order valence-electron chi connectivity index (χ2n) is 6.56. The molecule has 0 spiro atoms. The lowest BCUT2D eigenvalue weighted by Crippen LogP contribution is -2.39. The fourth-order valence-electron chi connectivity index (χ4n) is 3.75. The first-order valence-electron chi connectivity index (χ1n) is 8.80. The molecule has 1 fully saturated rings. The number of fused-ring (bicyclic) bond motifs is 1. The number of aromatic nitrogens is 3. The van der Waals surface area contributed by atoms with E-state index in [1.807, 2.05) is 4.90 Å². The average Bonchev–Trinajstić information content (AvgIpc) is 3.31. The lowest BCUT2D eigenvalue weighted by molar-refractivity contribution is 0.192. The van der Waals surface area contributed by atoms with E-state index in [1.54, 1.807) is 11.3 Å². The maximum absolute atomic E-state index is 12.6. The van der Waals surface area contributed by atoms with Crippen LogP contribution in [0.2, 0.25) is 0 Å². The Morgan fingerprint density at radius 3 is 3.08 bits per heavy atom. The number of aryl methyl sites for hydroxylation is 1. The molecule has 128 valence electrons. The molecule has 2 amide bonds. The van der Waals surface area contributed by atoms with Gasteiger partial charge in [0.1, 0.15) is 5.82 Å². The lowest BCUT2D eigenvalue weighted by atomic mass is 10.1. The molecule has 1 atom stereocenters. The van der Waals surface area contributed by atoms with Gasteiger partial charge in [-0.3, -0.25) is 0 Å². The molecule has 6 nitrogen and oxygen atoms in total. The molecule has 0 saturated carbocycles. The predicted molar refractivity (Wildman–Crippen MR) is 92.8 cm³/mol. The van der Waals surface area contributed by atoms with Gasteiger partial charge in [0.05, 0.1) is 12.6 Å². The normalized spacial score (nSPS) is 20.7. The number of nitrogens with one attached hydrogen (secondary N) is 1. The molecule has 24 heavy (non-hydrogen) atoms. The van der Waals surface area contributed by atoms with E-state index in [9.17, 15) is 4.79 Å². The fraction of sp³-hybridized carbons (Fsp3) is 0.588. The summed E-state index contributed by atoms with van der Waals surface area (Å²) < 4.78 is 2.19. The summed E-state index contributed by atoms with van der Waals surface area (Å²) >= 11 is 1.69. The number of rotatable bonds is 3. The maximum Gasteiger partial charge on any atom is 0.318 e. The zero-order valence-corrected chi connectivity index (χ0v) is 14.6. The highest BCUT2D eigenvalue weighted by Crippen LogP contribution is 2.32. The van der Waals surface area contributed by atoms with Crippen molar-refractivity contribution in [3.63, 3.8) is 0 Å². The van der Waals surface area contributed by atoms with Crippen LogP contribution in [0.4, 0.5) is 4.79 Å². The topological polar surface area (TPSA) is 63.1 Å². The van der Waals surface area contributed by atoms with Crippen molar-refractivity contribution in [3.8, 4) is 0 Å². The molecule has 4 heterocycles. The second kappa shape index (κ2) is 6.93. The Kier molecular flexibility index (Phi) is 4.51. The smallest absolute Gasteiger partial charge is 0.318 e. The standard InChI is InChI=1S/C17H23N5OS/c23-17(21-9-4-5-14(21)13-7-10-24-12-13)18-11-16-20-19-15-6-2-1-3-8-22(15)16/h7,10,12,14H,1-6,8-9,11H2,(H,18,23). The SMILES string of the molecule is O=C(NCc1nnc2n1CCCCC2)N1CCCC1c1ccsc1. The third-order valence-electron chi connectivity index (χ3n) is 5.03. The number of carbonyl (C=O) groups excluding carboxylic acids is 1. The number of nitrogens with zero attached hydrogens (tertiary/aromatic N) is 4. The van der Waals surface area contributed by atoms with Crippen LogP contribution in [-0.4, -0.2) is 32.2 Å². The number of thiophene rings is 1. The molecule has 0 radical (unpaired) electrons. The monoisotopic (exact) mass is 345 g/mol. The minimum atomic E-state index is 0.00896. The largest absolute Gasteiger partial charge is 0.331 e. The van der Waals surface area contributed by atoms with Crippen LogP contribution in [-0.2, 0) is 19.5 Å². The lowest BCUT2D eigenvalue weighted by Gasteiger charge is -2.24. The van der Waals surface area contributed by atoms with Gasteiger partial charge in [-0.1, -0.05) is 6.42 Å². The number of likely N-dealkylation sites (tertiary alicyclic amines) is 1. The van der Waals surface area contributed by atoms with Crippen LogP contribution >= 0.6 is 11.3 Å². The molecule has 1 saturated heterocycles. The van der Waals surface area contributed by atoms with Gasteiger partial charge in [-0.15, -0.1) is 10.2 Å². The summed E-state index contributed by atoms with van der Waals surface area (Å²) in [4.78, 5) is 14.6. The fourth-order valence-corrected chi connectivity index (χ4v) is 4.46. The van der Waals surface area contributed by atoms with Gasteiger partial charge in [0.25, 0.3) is 0 Å². The van der Waals surface area contributed by atoms with E-state index in [0.717, 1.165) is 44.0 Å². The van der Waals surface area contributed by atoms with Crippen molar-refractivity contribution in [2.45, 2.75) is 57.7 Å². The summed E-state index contributed by atoms with van der Waals surface area (Å²) in [5.74, 6) is 1.95. The van der Waals surface area contributed by atoms with Gasteiger partial charge in [-0.05, 0) is 48.1 Å². The van der Waals surface area contributed by atoms with Crippen LogP contribution in [0.3, 0.4) is 0 Å². The molecule has 0 aromatic carbocycles. The number of carbonyl (C=O) groups is 1. The summed E-state index contributed by atoms with van der Waals surface area (Å²) in [5.41, 5.74) is 1.25. The summed E-state index contributed by atoms with van der Waals surface area (Å²) in [6.07, 6.45) is 6.69. The highest BCUT2D eigenvalue weighted by Gasteiger charge is 2.30. The van der Waals surface area contributed by atoms with Gasteiger partial charge in [0, 0.05) is 19.5 Å². The van der Waals surface area contributed by atoms with E-state index < -0.39 is 0 Å². The molecule has 1 N–H and O–H groups in total. The van der Waals surface area contributed by atoms with Gasteiger partial charge in [-0.25, -0.2) is 4.79 Å². The first-order valence-corrected chi connectivity index (χ1v) is 9.75. The Morgan fingerprint density at radius 2 is 2.21 bits per heavy atom. The van der Waals surface area contributed by atoms with Gasteiger partial charge >= 0.3 is 6.03 Å².